The number of carbonyl (C=O) groups excluding carboxylic acids is 2. The Morgan fingerprint density at radius 1 is 1.43 bits per heavy atom. The molecule has 1 aliphatic carbocycles. The van der Waals surface area contributed by atoms with E-state index >= 15 is 0 Å². The third-order valence-corrected chi connectivity index (χ3v) is 5.03. The number of nitrogens with one attached hydrogen (secondary N) is 1. The number of thiophene rings is 1. The van der Waals surface area contributed by atoms with Crippen molar-refractivity contribution >= 4 is 28.2 Å². The molecule has 2 unspecified atom stereocenters. The highest BCUT2D eigenvalue weighted by Gasteiger charge is 2.46. The lowest BCUT2D eigenvalue weighted by Gasteiger charge is -2.04. The Balaban J connectivity index is 1.75. The summed E-state index contributed by atoms with van der Waals surface area (Å²) in [5, 5.41) is 3.39. The summed E-state index contributed by atoms with van der Waals surface area (Å²) in [4.78, 5) is 24.8. The maximum atomic E-state index is 12.3. The summed E-state index contributed by atoms with van der Waals surface area (Å²) in [7, 11) is 0. The molecule has 2 heterocycles. The van der Waals surface area contributed by atoms with E-state index in [0.717, 1.165) is 22.6 Å². The molecule has 6 heteroatoms. The number of nitrogens with two attached hydrogens (primary N) is 1. The molecule has 0 radical (unpaired) electrons. The van der Waals surface area contributed by atoms with Crippen LogP contribution in [0.3, 0.4) is 0 Å². The fourth-order valence-corrected chi connectivity index (χ4v) is 3.59. The zero-order valence-electron chi connectivity index (χ0n) is 11.8. The maximum Gasteiger partial charge on any atom is 0.251 e. The second-order valence-corrected chi connectivity index (χ2v) is 6.53. The van der Waals surface area contributed by atoms with Crippen LogP contribution >= 0.6 is 11.3 Å². The number of aryl methyl sites for hydroxylation is 1. The van der Waals surface area contributed by atoms with Crippen LogP contribution in [0.1, 0.15) is 38.9 Å². The van der Waals surface area contributed by atoms with E-state index in [1.807, 2.05) is 26.0 Å². The molecule has 0 bridgehead atoms. The summed E-state index contributed by atoms with van der Waals surface area (Å²) < 4.78 is 5.32. The van der Waals surface area contributed by atoms with Gasteiger partial charge in [-0.3, -0.25) is 9.59 Å². The Morgan fingerprint density at radius 2 is 2.19 bits per heavy atom. The van der Waals surface area contributed by atoms with Gasteiger partial charge in [-0.15, -0.1) is 11.3 Å². The topological polar surface area (TPSA) is 85.3 Å². The number of furan rings is 1. The molecular weight excluding hydrogens is 288 g/mol. The summed E-state index contributed by atoms with van der Waals surface area (Å²) >= 11 is 1.39. The van der Waals surface area contributed by atoms with Crippen LogP contribution in [-0.4, -0.2) is 11.8 Å². The van der Waals surface area contributed by atoms with Crippen molar-refractivity contribution < 1.29 is 14.0 Å². The van der Waals surface area contributed by atoms with Crippen molar-refractivity contribution in [2.24, 2.45) is 11.7 Å². The predicted octanol–water partition coefficient (Wildman–Crippen LogP) is 2.80. The molecule has 0 aliphatic heterocycles. The zero-order valence-corrected chi connectivity index (χ0v) is 12.6. The SMILES string of the molecule is Cc1sc(NC(=O)C2CC2c2ccco2)c(C(N)=O)c1C. The lowest BCUT2D eigenvalue weighted by Crippen LogP contribution is -2.18. The molecule has 1 fully saturated rings. The first-order valence-corrected chi connectivity index (χ1v) is 7.54. The lowest BCUT2D eigenvalue weighted by atomic mass is 10.1. The van der Waals surface area contributed by atoms with E-state index in [9.17, 15) is 9.59 Å². The summed E-state index contributed by atoms with van der Waals surface area (Å²) in [6.07, 6.45) is 2.38. The maximum absolute atomic E-state index is 12.3. The van der Waals surface area contributed by atoms with Crippen LogP contribution in [0.5, 0.6) is 0 Å². The minimum Gasteiger partial charge on any atom is -0.469 e. The molecule has 3 N–H and O–H groups in total. The van der Waals surface area contributed by atoms with Crippen LogP contribution in [0.15, 0.2) is 22.8 Å². The monoisotopic (exact) mass is 304 g/mol. The first-order chi connectivity index (χ1) is 9.99. The highest BCUT2D eigenvalue weighted by molar-refractivity contribution is 7.16. The highest BCUT2D eigenvalue weighted by Crippen LogP contribution is 2.48. The van der Waals surface area contributed by atoms with Crippen LogP contribution in [0.2, 0.25) is 0 Å². The van der Waals surface area contributed by atoms with Crippen molar-refractivity contribution in [1.82, 2.24) is 0 Å². The predicted molar refractivity (Wildman–Crippen MR) is 80.5 cm³/mol. The highest BCUT2D eigenvalue weighted by atomic mass is 32.1. The average Bonchev–Trinajstić information content (AvgIpc) is 2.93. The van der Waals surface area contributed by atoms with Gasteiger partial charge in [0, 0.05) is 16.7 Å². The van der Waals surface area contributed by atoms with Gasteiger partial charge in [-0.25, -0.2) is 0 Å². The van der Waals surface area contributed by atoms with Gasteiger partial charge in [0.25, 0.3) is 5.91 Å². The van der Waals surface area contributed by atoms with Crippen molar-refractivity contribution in [3.8, 4) is 0 Å². The number of amides is 2. The largest absolute Gasteiger partial charge is 0.469 e. The van der Waals surface area contributed by atoms with Gasteiger partial charge in [0.05, 0.1) is 11.8 Å². The molecule has 1 saturated carbocycles. The number of hydrogen-bond acceptors (Lipinski definition) is 4. The summed E-state index contributed by atoms with van der Waals surface area (Å²) in [5.41, 5.74) is 6.65. The molecule has 1 aliphatic rings. The van der Waals surface area contributed by atoms with Gasteiger partial charge in [0.2, 0.25) is 5.91 Å². The Labute approximate surface area is 126 Å². The van der Waals surface area contributed by atoms with E-state index in [1.165, 1.54) is 11.3 Å². The molecule has 2 amide bonds. The van der Waals surface area contributed by atoms with Crippen molar-refractivity contribution in [3.63, 3.8) is 0 Å². The van der Waals surface area contributed by atoms with Gasteiger partial charge in [-0.2, -0.15) is 0 Å². The van der Waals surface area contributed by atoms with Gasteiger partial charge >= 0.3 is 0 Å². The lowest BCUT2D eigenvalue weighted by molar-refractivity contribution is -0.117. The van der Waals surface area contributed by atoms with Crippen LogP contribution in [0, 0.1) is 19.8 Å². The fraction of sp³-hybridized carbons (Fsp3) is 0.333. The first-order valence-electron chi connectivity index (χ1n) is 6.73. The zero-order chi connectivity index (χ0) is 15.1. The minimum absolute atomic E-state index is 0.0832. The molecule has 0 saturated heterocycles. The van der Waals surface area contributed by atoms with Crippen molar-refractivity contribution in [2.75, 3.05) is 5.32 Å². The smallest absolute Gasteiger partial charge is 0.251 e. The van der Waals surface area contributed by atoms with Crippen molar-refractivity contribution in [3.05, 3.63) is 40.2 Å². The molecule has 0 spiro atoms. The number of hydrogen-bond donors (Lipinski definition) is 2. The Bertz CT molecular complexity index is 703. The number of anilines is 1. The Morgan fingerprint density at radius 3 is 2.81 bits per heavy atom. The van der Waals surface area contributed by atoms with Gasteiger partial charge in [-0.1, -0.05) is 0 Å². The minimum atomic E-state index is -0.509. The van der Waals surface area contributed by atoms with Crippen LogP contribution < -0.4 is 11.1 Å². The van der Waals surface area contributed by atoms with Gasteiger partial charge in [-0.05, 0) is 38.0 Å². The number of rotatable bonds is 4. The number of primary amides is 1. The summed E-state index contributed by atoms with van der Waals surface area (Å²) in [6, 6.07) is 3.70. The average molecular weight is 304 g/mol. The van der Waals surface area contributed by atoms with E-state index in [-0.39, 0.29) is 17.7 Å². The van der Waals surface area contributed by atoms with E-state index in [2.05, 4.69) is 5.32 Å². The van der Waals surface area contributed by atoms with Gasteiger partial charge in [0.1, 0.15) is 10.8 Å². The van der Waals surface area contributed by atoms with Crippen molar-refractivity contribution in [2.45, 2.75) is 26.2 Å². The van der Waals surface area contributed by atoms with E-state index in [1.54, 1.807) is 6.26 Å². The molecule has 110 valence electrons. The second kappa shape index (κ2) is 5.04. The molecular formula is C15H16N2O3S. The normalized spacial score (nSPS) is 20.3. The van der Waals surface area contributed by atoms with E-state index in [0.29, 0.717) is 10.6 Å². The number of carbonyl (C=O) groups is 2. The van der Waals surface area contributed by atoms with Crippen molar-refractivity contribution in [1.29, 1.82) is 0 Å². The molecule has 0 aromatic carbocycles. The van der Waals surface area contributed by atoms with E-state index in [4.69, 9.17) is 10.2 Å². The first kappa shape index (κ1) is 13.9. The third kappa shape index (κ3) is 2.47. The second-order valence-electron chi connectivity index (χ2n) is 5.30. The van der Waals surface area contributed by atoms with Crippen LogP contribution in [0.25, 0.3) is 0 Å². The van der Waals surface area contributed by atoms with E-state index < -0.39 is 5.91 Å². The molecule has 21 heavy (non-hydrogen) atoms. The molecule has 2 atom stereocenters. The Hall–Kier alpha value is -2.08. The Kier molecular flexibility index (Phi) is 3.33. The standard InChI is InChI=1S/C15H16N2O3S/c1-7-8(2)21-15(12(7)13(16)18)17-14(19)10-6-9(10)11-4-3-5-20-11/h3-5,9-10H,6H2,1-2H3,(H2,16,18)(H,17,19). The van der Waals surface area contributed by atoms with Gasteiger partial charge < -0.3 is 15.5 Å². The fourth-order valence-electron chi connectivity index (χ4n) is 2.52. The van der Waals surface area contributed by atoms with Gasteiger partial charge in [0.15, 0.2) is 0 Å². The molecule has 2 aromatic rings. The quantitative estimate of drug-likeness (QED) is 0.910. The third-order valence-electron chi connectivity index (χ3n) is 3.90. The van der Waals surface area contributed by atoms with Crippen LogP contribution in [0.4, 0.5) is 5.00 Å². The summed E-state index contributed by atoms with van der Waals surface area (Å²) in [5.74, 6) is 0.285. The molecule has 3 rings (SSSR count). The molecule has 5 nitrogen and oxygen atoms in total. The molecule has 2 aromatic heterocycles. The van der Waals surface area contributed by atoms with Crippen LogP contribution in [-0.2, 0) is 4.79 Å². The summed E-state index contributed by atoms with van der Waals surface area (Å²) in [6.45, 7) is 3.75.